The van der Waals surface area contributed by atoms with Gasteiger partial charge in [0.1, 0.15) is 12.3 Å². The van der Waals surface area contributed by atoms with E-state index < -0.39 is 4.92 Å². The van der Waals surface area contributed by atoms with Crippen molar-refractivity contribution in [3.8, 4) is 5.75 Å². The standard InChI is InChI=1S/C19H19N3O5/c1-2-27-16-7-4-14(5-8-16)20-18(23)12-21-17-9-6-15(22(25)26)11-13(17)3-10-19(21)24/h4-9,11H,2-3,10,12H2,1H3,(H,20,23). The highest BCUT2D eigenvalue weighted by Gasteiger charge is 2.27. The number of nitrogens with zero attached hydrogens (tertiary/aromatic N) is 2. The third kappa shape index (κ3) is 4.22. The summed E-state index contributed by atoms with van der Waals surface area (Å²) in [5, 5.41) is 13.7. The molecule has 8 nitrogen and oxygen atoms in total. The summed E-state index contributed by atoms with van der Waals surface area (Å²) in [5.74, 6) is 0.175. The van der Waals surface area contributed by atoms with Gasteiger partial charge in [-0.05, 0) is 49.2 Å². The van der Waals surface area contributed by atoms with Crippen LogP contribution in [0.1, 0.15) is 18.9 Å². The Hall–Kier alpha value is -3.42. The predicted molar refractivity (Wildman–Crippen MR) is 100 cm³/mol. The van der Waals surface area contributed by atoms with E-state index in [1.165, 1.54) is 23.1 Å². The van der Waals surface area contributed by atoms with Gasteiger partial charge < -0.3 is 15.0 Å². The van der Waals surface area contributed by atoms with Gasteiger partial charge in [-0.25, -0.2) is 0 Å². The minimum atomic E-state index is -0.473. The van der Waals surface area contributed by atoms with E-state index in [2.05, 4.69) is 5.32 Å². The summed E-state index contributed by atoms with van der Waals surface area (Å²) in [4.78, 5) is 36.5. The van der Waals surface area contributed by atoms with Crippen LogP contribution in [-0.2, 0) is 16.0 Å². The van der Waals surface area contributed by atoms with Crippen LogP contribution in [0.25, 0.3) is 0 Å². The van der Waals surface area contributed by atoms with Gasteiger partial charge >= 0.3 is 0 Å². The van der Waals surface area contributed by atoms with Crippen LogP contribution in [0.4, 0.5) is 17.1 Å². The maximum absolute atomic E-state index is 12.4. The van der Waals surface area contributed by atoms with Gasteiger partial charge in [-0.1, -0.05) is 0 Å². The Labute approximate surface area is 155 Å². The van der Waals surface area contributed by atoms with Gasteiger partial charge in [0.15, 0.2) is 0 Å². The van der Waals surface area contributed by atoms with E-state index in [1.54, 1.807) is 24.3 Å². The van der Waals surface area contributed by atoms with Crippen LogP contribution in [0, 0.1) is 10.1 Å². The Kier molecular flexibility index (Phi) is 5.35. The maximum atomic E-state index is 12.4. The normalized spacial score (nSPS) is 13.1. The van der Waals surface area contributed by atoms with E-state index >= 15 is 0 Å². The molecule has 1 aliphatic rings. The third-order valence-corrected chi connectivity index (χ3v) is 4.22. The fourth-order valence-corrected chi connectivity index (χ4v) is 2.98. The SMILES string of the molecule is CCOc1ccc(NC(=O)CN2C(=O)CCc3cc([N+](=O)[O-])ccc32)cc1. The molecule has 0 aliphatic carbocycles. The fraction of sp³-hybridized carbons (Fsp3) is 0.263. The zero-order chi connectivity index (χ0) is 19.4. The summed E-state index contributed by atoms with van der Waals surface area (Å²) in [6.45, 7) is 2.29. The van der Waals surface area contributed by atoms with Crippen molar-refractivity contribution in [1.29, 1.82) is 0 Å². The molecule has 0 spiro atoms. The van der Waals surface area contributed by atoms with E-state index in [0.717, 1.165) is 0 Å². The summed E-state index contributed by atoms with van der Waals surface area (Å²) in [6.07, 6.45) is 0.636. The number of amides is 2. The second-order valence-corrected chi connectivity index (χ2v) is 6.06. The van der Waals surface area contributed by atoms with E-state index in [1.807, 2.05) is 6.92 Å². The Bertz CT molecular complexity index is 879. The number of rotatable bonds is 6. The van der Waals surface area contributed by atoms with Crippen molar-refractivity contribution >= 4 is 28.9 Å². The van der Waals surface area contributed by atoms with Gasteiger partial charge in [0.05, 0.1) is 11.5 Å². The zero-order valence-electron chi connectivity index (χ0n) is 14.8. The average Bonchev–Trinajstić information content (AvgIpc) is 2.65. The highest BCUT2D eigenvalue weighted by Crippen LogP contribution is 2.31. The Morgan fingerprint density at radius 2 is 1.96 bits per heavy atom. The van der Waals surface area contributed by atoms with Gasteiger partial charge in [0.25, 0.3) is 5.69 Å². The number of carbonyl (C=O) groups excluding carboxylic acids is 2. The minimum absolute atomic E-state index is 0.0260. The highest BCUT2D eigenvalue weighted by molar-refractivity contribution is 6.04. The molecule has 0 unspecified atom stereocenters. The number of ether oxygens (including phenoxy) is 1. The molecule has 0 bridgehead atoms. The molecule has 8 heteroatoms. The third-order valence-electron chi connectivity index (χ3n) is 4.22. The summed E-state index contributed by atoms with van der Waals surface area (Å²) in [7, 11) is 0. The molecule has 27 heavy (non-hydrogen) atoms. The van der Waals surface area contributed by atoms with Crippen molar-refractivity contribution in [2.45, 2.75) is 19.8 Å². The molecule has 2 aromatic carbocycles. The second-order valence-electron chi connectivity index (χ2n) is 6.06. The molecule has 0 saturated carbocycles. The van der Waals surface area contributed by atoms with Crippen LogP contribution < -0.4 is 15.0 Å². The largest absolute Gasteiger partial charge is 0.494 e. The van der Waals surface area contributed by atoms with Crippen LogP contribution >= 0.6 is 0 Å². The van der Waals surface area contributed by atoms with Crippen LogP contribution in [0.15, 0.2) is 42.5 Å². The first-order valence-electron chi connectivity index (χ1n) is 8.58. The molecular weight excluding hydrogens is 350 g/mol. The molecule has 0 radical (unpaired) electrons. The molecule has 1 N–H and O–H groups in total. The molecule has 140 valence electrons. The van der Waals surface area contributed by atoms with Crippen LogP contribution in [0.5, 0.6) is 5.75 Å². The van der Waals surface area contributed by atoms with Crippen molar-refractivity contribution in [2.24, 2.45) is 0 Å². The Morgan fingerprint density at radius 3 is 2.63 bits per heavy atom. The fourth-order valence-electron chi connectivity index (χ4n) is 2.98. The first-order chi connectivity index (χ1) is 13.0. The lowest BCUT2D eigenvalue weighted by Crippen LogP contribution is -2.40. The van der Waals surface area contributed by atoms with Gasteiger partial charge in [-0.3, -0.25) is 19.7 Å². The molecule has 0 fully saturated rings. The minimum Gasteiger partial charge on any atom is -0.494 e. The molecule has 1 heterocycles. The highest BCUT2D eigenvalue weighted by atomic mass is 16.6. The smallest absolute Gasteiger partial charge is 0.269 e. The number of benzene rings is 2. The first kappa shape index (κ1) is 18.4. The molecule has 3 rings (SSSR count). The number of aryl methyl sites for hydroxylation is 1. The number of hydrogen-bond donors (Lipinski definition) is 1. The molecule has 0 atom stereocenters. The first-order valence-corrected chi connectivity index (χ1v) is 8.58. The van der Waals surface area contributed by atoms with Crippen molar-refractivity contribution in [3.63, 3.8) is 0 Å². The van der Waals surface area contributed by atoms with E-state index in [-0.39, 0.29) is 30.5 Å². The van der Waals surface area contributed by atoms with Gasteiger partial charge in [-0.2, -0.15) is 0 Å². The molecule has 0 aromatic heterocycles. The van der Waals surface area contributed by atoms with Gasteiger partial charge in [0.2, 0.25) is 11.8 Å². The predicted octanol–water partition coefficient (Wildman–Crippen LogP) is 2.91. The van der Waals surface area contributed by atoms with Crippen LogP contribution in [0.2, 0.25) is 0 Å². The number of carbonyl (C=O) groups is 2. The number of fused-ring (bicyclic) bond motifs is 1. The van der Waals surface area contributed by atoms with Crippen molar-refractivity contribution in [2.75, 3.05) is 23.4 Å². The van der Waals surface area contributed by atoms with Gasteiger partial charge in [-0.15, -0.1) is 0 Å². The maximum Gasteiger partial charge on any atom is 0.269 e. The van der Waals surface area contributed by atoms with E-state index in [0.29, 0.717) is 35.7 Å². The molecule has 2 amide bonds. The quantitative estimate of drug-likeness (QED) is 0.623. The molecule has 2 aromatic rings. The number of nitro groups is 1. The topological polar surface area (TPSA) is 102 Å². The number of nitro benzene ring substituents is 1. The summed E-state index contributed by atoms with van der Waals surface area (Å²) >= 11 is 0. The van der Waals surface area contributed by atoms with Crippen molar-refractivity contribution in [3.05, 3.63) is 58.1 Å². The number of nitrogens with one attached hydrogen (secondary N) is 1. The second kappa shape index (κ2) is 7.86. The summed E-state index contributed by atoms with van der Waals surface area (Å²) in [5.41, 5.74) is 1.80. The summed E-state index contributed by atoms with van der Waals surface area (Å²) < 4.78 is 5.35. The Morgan fingerprint density at radius 1 is 1.22 bits per heavy atom. The monoisotopic (exact) mass is 369 g/mol. The summed E-state index contributed by atoms with van der Waals surface area (Å²) in [6, 6.07) is 11.3. The molecular formula is C19H19N3O5. The lowest BCUT2D eigenvalue weighted by molar-refractivity contribution is -0.384. The number of non-ortho nitro benzene ring substituents is 1. The van der Waals surface area contributed by atoms with Crippen molar-refractivity contribution < 1.29 is 19.2 Å². The van der Waals surface area contributed by atoms with Crippen LogP contribution in [-0.4, -0.2) is 29.9 Å². The average molecular weight is 369 g/mol. The van der Waals surface area contributed by atoms with Gasteiger partial charge in [0, 0.05) is 29.9 Å². The number of hydrogen-bond acceptors (Lipinski definition) is 5. The number of anilines is 2. The zero-order valence-corrected chi connectivity index (χ0v) is 14.8. The lowest BCUT2D eigenvalue weighted by Gasteiger charge is -2.28. The molecule has 1 aliphatic heterocycles. The van der Waals surface area contributed by atoms with E-state index in [9.17, 15) is 19.7 Å². The molecule has 0 saturated heterocycles. The van der Waals surface area contributed by atoms with E-state index in [4.69, 9.17) is 4.74 Å². The van der Waals surface area contributed by atoms with Crippen LogP contribution in [0.3, 0.4) is 0 Å². The van der Waals surface area contributed by atoms with Crippen molar-refractivity contribution in [1.82, 2.24) is 0 Å². The Balaban J connectivity index is 1.72. The lowest BCUT2D eigenvalue weighted by atomic mass is 10.0.